The van der Waals surface area contributed by atoms with Crippen molar-refractivity contribution in [2.75, 3.05) is 32.2 Å². The minimum Gasteiger partial charge on any atom is -0.495 e. The third-order valence-corrected chi connectivity index (χ3v) is 2.20. The van der Waals surface area contributed by atoms with Crippen molar-refractivity contribution in [1.29, 1.82) is 0 Å². The van der Waals surface area contributed by atoms with Gasteiger partial charge in [-0.2, -0.15) is 0 Å². The van der Waals surface area contributed by atoms with Crippen molar-refractivity contribution in [3.8, 4) is 5.75 Å². The van der Waals surface area contributed by atoms with Crippen LogP contribution in [0.5, 0.6) is 5.75 Å². The first-order valence-electron chi connectivity index (χ1n) is 4.84. The van der Waals surface area contributed by atoms with E-state index in [0.29, 0.717) is 24.4 Å². The topological polar surface area (TPSA) is 32.7 Å². The van der Waals surface area contributed by atoms with Crippen LogP contribution in [0.1, 0.15) is 6.42 Å². The van der Waals surface area contributed by atoms with Gasteiger partial charge in [0.15, 0.2) is 0 Å². The van der Waals surface area contributed by atoms with Crippen LogP contribution < -0.4 is 9.64 Å². The Kier molecular flexibility index (Phi) is 4.37. The number of halogens is 1. The molecule has 0 bridgehead atoms. The number of methoxy groups -OCH3 is 1. The van der Waals surface area contributed by atoms with Crippen LogP contribution >= 0.6 is 0 Å². The second-order valence-electron chi connectivity index (χ2n) is 3.31. The van der Waals surface area contributed by atoms with E-state index < -0.39 is 0 Å². The molecule has 1 aromatic carbocycles. The average Bonchev–Trinajstić information content (AvgIpc) is 2.25. The molecule has 0 radical (unpaired) electrons. The molecule has 1 aromatic rings. The Morgan fingerprint density at radius 1 is 1.47 bits per heavy atom. The third kappa shape index (κ3) is 3.09. The maximum atomic E-state index is 13.0. The molecule has 0 aliphatic heterocycles. The molecular weight excluding hydrogens is 197 g/mol. The van der Waals surface area contributed by atoms with Crippen LogP contribution in [0.3, 0.4) is 0 Å². The minimum atomic E-state index is -0.290. The molecule has 3 nitrogen and oxygen atoms in total. The molecule has 4 heteroatoms. The molecule has 0 atom stereocenters. The summed E-state index contributed by atoms with van der Waals surface area (Å²) in [4.78, 5) is 1.86. The third-order valence-electron chi connectivity index (χ3n) is 2.20. The molecular formula is C11H16FNO2. The molecule has 0 saturated carbocycles. The Morgan fingerprint density at radius 2 is 2.20 bits per heavy atom. The van der Waals surface area contributed by atoms with E-state index in [1.807, 2.05) is 11.9 Å². The molecule has 15 heavy (non-hydrogen) atoms. The van der Waals surface area contributed by atoms with Crippen LogP contribution in [0.15, 0.2) is 18.2 Å². The standard InChI is InChI=1S/C11H16FNO2/c1-13(6-3-7-14)10-8-9(12)4-5-11(10)15-2/h4-5,8,14H,3,6-7H2,1-2H3. The second-order valence-corrected chi connectivity index (χ2v) is 3.31. The van der Waals surface area contributed by atoms with Gasteiger partial charge in [0.05, 0.1) is 12.8 Å². The summed E-state index contributed by atoms with van der Waals surface area (Å²) in [6.07, 6.45) is 0.649. The zero-order chi connectivity index (χ0) is 11.3. The normalized spacial score (nSPS) is 10.1. The molecule has 0 aliphatic carbocycles. The van der Waals surface area contributed by atoms with E-state index in [-0.39, 0.29) is 12.4 Å². The molecule has 0 saturated heterocycles. The van der Waals surface area contributed by atoms with Crippen LogP contribution in [0, 0.1) is 5.82 Å². The van der Waals surface area contributed by atoms with Crippen molar-refractivity contribution in [2.24, 2.45) is 0 Å². The summed E-state index contributed by atoms with van der Waals surface area (Å²) in [6.45, 7) is 0.790. The molecule has 0 fully saturated rings. The smallest absolute Gasteiger partial charge is 0.142 e. The van der Waals surface area contributed by atoms with E-state index >= 15 is 0 Å². The highest BCUT2D eigenvalue weighted by atomic mass is 19.1. The molecule has 0 unspecified atom stereocenters. The van der Waals surface area contributed by atoms with Crippen molar-refractivity contribution in [3.05, 3.63) is 24.0 Å². The first-order valence-corrected chi connectivity index (χ1v) is 4.84. The zero-order valence-corrected chi connectivity index (χ0v) is 9.03. The van der Waals surface area contributed by atoms with Crippen molar-refractivity contribution >= 4 is 5.69 Å². The van der Waals surface area contributed by atoms with Crippen molar-refractivity contribution in [3.63, 3.8) is 0 Å². The fourth-order valence-corrected chi connectivity index (χ4v) is 1.39. The van der Waals surface area contributed by atoms with Crippen molar-refractivity contribution in [2.45, 2.75) is 6.42 Å². The summed E-state index contributed by atoms with van der Waals surface area (Å²) in [6, 6.07) is 4.39. The molecule has 1 rings (SSSR count). The lowest BCUT2D eigenvalue weighted by molar-refractivity contribution is 0.290. The lowest BCUT2D eigenvalue weighted by Crippen LogP contribution is -2.20. The zero-order valence-electron chi connectivity index (χ0n) is 9.03. The summed E-state index contributed by atoms with van der Waals surface area (Å²) in [7, 11) is 3.39. The molecule has 0 aromatic heterocycles. The van der Waals surface area contributed by atoms with Crippen molar-refractivity contribution < 1.29 is 14.2 Å². The van der Waals surface area contributed by atoms with Crippen LogP contribution in [-0.4, -0.2) is 32.4 Å². The molecule has 0 heterocycles. The van der Waals surface area contributed by atoms with Crippen LogP contribution in [0.4, 0.5) is 10.1 Å². The van der Waals surface area contributed by atoms with Gasteiger partial charge in [-0.3, -0.25) is 0 Å². The SMILES string of the molecule is COc1ccc(F)cc1N(C)CCCO. The highest BCUT2D eigenvalue weighted by molar-refractivity contribution is 5.58. The van der Waals surface area contributed by atoms with Gasteiger partial charge >= 0.3 is 0 Å². The highest BCUT2D eigenvalue weighted by Crippen LogP contribution is 2.27. The summed E-state index contributed by atoms with van der Waals surface area (Å²) in [5, 5.41) is 8.71. The Bertz CT molecular complexity index is 317. The lowest BCUT2D eigenvalue weighted by atomic mass is 10.2. The first kappa shape index (κ1) is 11.8. The average molecular weight is 213 g/mol. The highest BCUT2D eigenvalue weighted by Gasteiger charge is 2.08. The largest absolute Gasteiger partial charge is 0.495 e. The maximum absolute atomic E-state index is 13.0. The van der Waals surface area contributed by atoms with Crippen LogP contribution in [0.2, 0.25) is 0 Å². The van der Waals surface area contributed by atoms with E-state index in [4.69, 9.17) is 9.84 Å². The molecule has 1 N–H and O–H groups in total. The molecule has 0 amide bonds. The maximum Gasteiger partial charge on any atom is 0.142 e. The fraction of sp³-hybridized carbons (Fsp3) is 0.455. The number of ether oxygens (including phenoxy) is 1. The van der Waals surface area contributed by atoms with Gasteiger partial charge in [0.2, 0.25) is 0 Å². The Labute approximate surface area is 89.1 Å². The van der Waals surface area contributed by atoms with Gasteiger partial charge in [0, 0.05) is 26.3 Å². The fourth-order valence-electron chi connectivity index (χ4n) is 1.39. The van der Waals surface area contributed by atoms with Gasteiger partial charge in [-0.25, -0.2) is 4.39 Å². The number of nitrogens with zero attached hydrogens (tertiary/aromatic N) is 1. The van der Waals surface area contributed by atoms with E-state index in [2.05, 4.69) is 0 Å². The summed E-state index contributed by atoms with van der Waals surface area (Å²) >= 11 is 0. The number of rotatable bonds is 5. The van der Waals surface area contributed by atoms with E-state index in [9.17, 15) is 4.39 Å². The van der Waals surface area contributed by atoms with E-state index in [1.165, 1.54) is 12.1 Å². The van der Waals surface area contributed by atoms with Gasteiger partial charge in [-0.05, 0) is 18.6 Å². The molecule has 84 valence electrons. The Hall–Kier alpha value is -1.29. The number of hydrogen-bond acceptors (Lipinski definition) is 3. The van der Waals surface area contributed by atoms with Gasteiger partial charge in [-0.15, -0.1) is 0 Å². The van der Waals surface area contributed by atoms with E-state index in [1.54, 1.807) is 13.2 Å². The molecule has 0 aliphatic rings. The summed E-state index contributed by atoms with van der Waals surface area (Å²) in [5.74, 6) is 0.346. The van der Waals surface area contributed by atoms with E-state index in [0.717, 1.165) is 0 Å². The predicted octanol–water partition coefficient (Wildman–Crippen LogP) is 1.65. The lowest BCUT2D eigenvalue weighted by Gasteiger charge is -2.21. The number of anilines is 1. The Balaban J connectivity index is 2.85. The monoisotopic (exact) mass is 213 g/mol. The number of hydrogen-bond donors (Lipinski definition) is 1. The van der Waals surface area contributed by atoms with Gasteiger partial charge < -0.3 is 14.7 Å². The van der Waals surface area contributed by atoms with Crippen LogP contribution in [0.25, 0.3) is 0 Å². The quantitative estimate of drug-likeness (QED) is 0.807. The molecule has 0 spiro atoms. The second kappa shape index (κ2) is 5.56. The van der Waals surface area contributed by atoms with Gasteiger partial charge in [-0.1, -0.05) is 0 Å². The number of aliphatic hydroxyl groups is 1. The van der Waals surface area contributed by atoms with Crippen LogP contribution in [-0.2, 0) is 0 Å². The predicted molar refractivity (Wildman–Crippen MR) is 57.9 cm³/mol. The van der Waals surface area contributed by atoms with Gasteiger partial charge in [0.25, 0.3) is 0 Å². The first-order chi connectivity index (χ1) is 7.19. The minimum absolute atomic E-state index is 0.127. The Morgan fingerprint density at radius 3 is 2.80 bits per heavy atom. The summed E-state index contributed by atoms with van der Waals surface area (Å²) in [5.41, 5.74) is 0.700. The number of benzene rings is 1. The van der Waals surface area contributed by atoms with Gasteiger partial charge in [0.1, 0.15) is 11.6 Å². The number of aliphatic hydroxyl groups excluding tert-OH is 1. The van der Waals surface area contributed by atoms with Crippen molar-refractivity contribution in [1.82, 2.24) is 0 Å². The summed E-state index contributed by atoms with van der Waals surface area (Å²) < 4.78 is 18.2.